The van der Waals surface area contributed by atoms with Crippen LogP contribution in [-0.4, -0.2) is 61.0 Å². The fourth-order valence-electron chi connectivity index (χ4n) is 2.79. The molecule has 0 N–H and O–H groups in total. The van der Waals surface area contributed by atoms with Crippen molar-refractivity contribution in [1.29, 1.82) is 0 Å². The van der Waals surface area contributed by atoms with E-state index < -0.39 is 47.8 Å². The van der Waals surface area contributed by atoms with Gasteiger partial charge in [-0.05, 0) is 13.8 Å². The second-order valence-electron chi connectivity index (χ2n) is 6.17. The van der Waals surface area contributed by atoms with Gasteiger partial charge in [0.2, 0.25) is 5.79 Å². The minimum atomic E-state index is -1.45. The Morgan fingerprint density at radius 1 is 0.917 bits per heavy atom. The number of hydrogen-bond acceptors (Lipinski definition) is 9. The third-order valence-corrected chi connectivity index (χ3v) is 3.54. The summed E-state index contributed by atoms with van der Waals surface area (Å²) in [5.74, 6) is -4.26. The van der Waals surface area contributed by atoms with E-state index in [-0.39, 0.29) is 13.2 Å². The Bertz CT molecular complexity index is 529. The normalized spacial score (nSPS) is 34.6. The van der Waals surface area contributed by atoms with Crippen molar-refractivity contribution in [2.24, 2.45) is 0 Å². The minimum absolute atomic E-state index is 0.0392. The Labute approximate surface area is 139 Å². The number of esters is 3. The molecule has 2 fully saturated rings. The van der Waals surface area contributed by atoms with Crippen molar-refractivity contribution in [3.05, 3.63) is 0 Å². The van der Waals surface area contributed by atoms with Gasteiger partial charge in [0.15, 0.2) is 24.1 Å². The third kappa shape index (κ3) is 4.03. The van der Waals surface area contributed by atoms with Crippen LogP contribution in [0.2, 0.25) is 0 Å². The number of carbonyl (C=O) groups is 3. The smallest absolute Gasteiger partial charge is 0.303 e. The predicted molar refractivity (Wildman–Crippen MR) is 76.5 cm³/mol. The highest BCUT2D eigenvalue weighted by Crippen LogP contribution is 2.41. The van der Waals surface area contributed by atoms with E-state index in [4.69, 9.17) is 28.4 Å². The highest BCUT2D eigenvalue weighted by atomic mass is 16.8. The zero-order valence-corrected chi connectivity index (χ0v) is 14.3. The number of hydrogen-bond donors (Lipinski definition) is 0. The molecule has 0 aromatic heterocycles. The quantitative estimate of drug-likeness (QED) is 0.526. The standard InChI is InChI=1S/C15H22O9/c1-8(16)21-11-6-19-15(7-20-14(4,5)24-15)13(23-10(3)18)12(11)22-9(2)17/h11-13H,6-7H2,1-5H3/t11-,12+,13+,15+/m1/s1. The zero-order chi connectivity index (χ0) is 18.1. The van der Waals surface area contributed by atoms with Gasteiger partial charge < -0.3 is 28.4 Å². The molecule has 2 aliphatic heterocycles. The topological polar surface area (TPSA) is 107 Å². The van der Waals surface area contributed by atoms with E-state index in [1.807, 2.05) is 0 Å². The molecule has 24 heavy (non-hydrogen) atoms. The van der Waals surface area contributed by atoms with Crippen LogP contribution in [0.25, 0.3) is 0 Å². The lowest BCUT2D eigenvalue weighted by Gasteiger charge is -2.45. The van der Waals surface area contributed by atoms with E-state index in [1.54, 1.807) is 13.8 Å². The molecule has 0 amide bonds. The Morgan fingerprint density at radius 3 is 1.96 bits per heavy atom. The van der Waals surface area contributed by atoms with Gasteiger partial charge in [-0.15, -0.1) is 0 Å². The van der Waals surface area contributed by atoms with Crippen LogP contribution in [-0.2, 0) is 42.8 Å². The highest BCUT2D eigenvalue weighted by molar-refractivity contribution is 5.68. The lowest BCUT2D eigenvalue weighted by atomic mass is 9.96. The first-order valence-electron chi connectivity index (χ1n) is 7.54. The number of ether oxygens (including phenoxy) is 6. The number of carbonyl (C=O) groups excluding carboxylic acids is 3. The Balaban J connectivity index is 2.36. The first-order chi connectivity index (χ1) is 11.0. The maximum absolute atomic E-state index is 11.6. The summed E-state index contributed by atoms with van der Waals surface area (Å²) in [5.41, 5.74) is 0. The van der Waals surface area contributed by atoms with E-state index >= 15 is 0 Å². The van der Waals surface area contributed by atoms with Crippen molar-refractivity contribution in [1.82, 2.24) is 0 Å². The average molecular weight is 346 g/mol. The Hall–Kier alpha value is -1.71. The fraction of sp³-hybridized carbons (Fsp3) is 0.800. The molecule has 0 radical (unpaired) electrons. The molecule has 0 unspecified atom stereocenters. The molecule has 9 nitrogen and oxygen atoms in total. The van der Waals surface area contributed by atoms with Crippen molar-refractivity contribution >= 4 is 17.9 Å². The van der Waals surface area contributed by atoms with Crippen LogP contribution in [0.15, 0.2) is 0 Å². The van der Waals surface area contributed by atoms with Crippen molar-refractivity contribution in [2.45, 2.75) is 64.5 Å². The molecule has 0 aromatic rings. The molecule has 136 valence electrons. The molecule has 2 aliphatic rings. The second-order valence-corrected chi connectivity index (χ2v) is 6.17. The summed E-state index contributed by atoms with van der Waals surface area (Å²) in [6.07, 6.45) is -3.17. The highest BCUT2D eigenvalue weighted by Gasteiger charge is 2.62. The molecule has 0 aliphatic carbocycles. The molecule has 2 heterocycles. The summed E-state index contributed by atoms with van der Waals surface area (Å²) < 4.78 is 32.8. The van der Waals surface area contributed by atoms with Gasteiger partial charge in [0, 0.05) is 20.8 Å². The van der Waals surface area contributed by atoms with Crippen LogP contribution in [0.5, 0.6) is 0 Å². The molecule has 2 rings (SSSR count). The van der Waals surface area contributed by atoms with Gasteiger partial charge in [-0.2, -0.15) is 0 Å². The van der Waals surface area contributed by atoms with E-state index in [1.165, 1.54) is 20.8 Å². The van der Waals surface area contributed by atoms with Crippen LogP contribution in [0.4, 0.5) is 0 Å². The Kier molecular flexibility index (Phi) is 5.17. The van der Waals surface area contributed by atoms with Gasteiger partial charge in [0.25, 0.3) is 0 Å². The summed E-state index contributed by atoms with van der Waals surface area (Å²) in [4.78, 5) is 34.3. The second kappa shape index (κ2) is 6.66. The lowest BCUT2D eigenvalue weighted by Crippen LogP contribution is -2.65. The first-order valence-corrected chi connectivity index (χ1v) is 7.54. The van der Waals surface area contributed by atoms with Crippen LogP contribution in [0, 0.1) is 0 Å². The third-order valence-electron chi connectivity index (χ3n) is 3.54. The van der Waals surface area contributed by atoms with Gasteiger partial charge >= 0.3 is 17.9 Å². The summed E-state index contributed by atoms with van der Waals surface area (Å²) in [7, 11) is 0. The first kappa shape index (κ1) is 18.6. The van der Waals surface area contributed by atoms with Gasteiger partial charge in [0.05, 0.1) is 6.61 Å². The molecule has 0 aromatic carbocycles. The van der Waals surface area contributed by atoms with Crippen LogP contribution < -0.4 is 0 Å². The largest absolute Gasteiger partial charge is 0.456 e. The van der Waals surface area contributed by atoms with E-state index in [0.717, 1.165) is 0 Å². The summed E-state index contributed by atoms with van der Waals surface area (Å²) >= 11 is 0. The number of rotatable bonds is 3. The maximum atomic E-state index is 11.6. The molecule has 2 saturated heterocycles. The van der Waals surface area contributed by atoms with E-state index in [9.17, 15) is 14.4 Å². The zero-order valence-electron chi connectivity index (χ0n) is 14.3. The molecule has 0 saturated carbocycles. The van der Waals surface area contributed by atoms with Gasteiger partial charge in [-0.3, -0.25) is 14.4 Å². The Morgan fingerprint density at radius 2 is 1.50 bits per heavy atom. The van der Waals surface area contributed by atoms with Crippen molar-refractivity contribution in [3.8, 4) is 0 Å². The monoisotopic (exact) mass is 346 g/mol. The molecular formula is C15H22O9. The van der Waals surface area contributed by atoms with Crippen molar-refractivity contribution in [2.75, 3.05) is 13.2 Å². The van der Waals surface area contributed by atoms with Crippen molar-refractivity contribution < 1.29 is 42.8 Å². The fourth-order valence-corrected chi connectivity index (χ4v) is 2.79. The van der Waals surface area contributed by atoms with Crippen LogP contribution in [0.1, 0.15) is 34.6 Å². The lowest BCUT2D eigenvalue weighted by molar-refractivity contribution is -0.340. The van der Waals surface area contributed by atoms with E-state index in [2.05, 4.69) is 0 Å². The van der Waals surface area contributed by atoms with Crippen LogP contribution in [0.3, 0.4) is 0 Å². The minimum Gasteiger partial charge on any atom is -0.456 e. The molecular weight excluding hydrogens is 324 g/mol. The SMILES string of the molecule is CC(=O)O[C@H]1[C@H](OC(C)=O)CO[C@]2(COC(C)(C)O2)[C@H]1OC(C)=O. The molecule has 4 atom stereocenters. The van der Waals surface area contributed by atoms with Crippen LogP contribution >= 0.6 is 0 Å². The molecule has 1 spiro atoms. The van der Waals surface area contributed by atoms with Gasteiger partial charge in [-0.25, -0.2) is 0 Å². The predicted octanol–water partition coefficient (Wildman–Crippen LogP) is 0.291. The molecule has 0 bridgehead atoms. The van der Waals surface area contributed by atoms with Gasteiger partial charge in [0.1, 0.15) is 6.61 Å². The summed E-state index contributed by atoms with van der Waals surface area (Å²) in [5, 5.41) is 0. The van der Waals surface area contributed by atoms with E-state index in [0.29, 0.717) is 0 Å². The average Bonchev–Trinajstić information content (AvgIpc) is 2.73. The summed E-state index contributed by atoms with van der Waals surface area (Å²) in [6.45, 7) is 6.83. The maximum Gasteiger partial charge on any atom is 0.303 e. The van der Waals surface area contributed by atoms with Gasteiger partial charge in [-0.1, -0.05) is 0 Å². The summed E-state index contributed by atoms with van der Waals surface area (Å²) in [6, 6.07) is 0. The van der Waals surface area contributed by atoms with Crippen molar-refractivity contribution in [3.63, 3.8) is 0 Å². The molecule has 9 heteroatoms.